The number of nitrogens with one attached hydrogen (secondary N) is 1. The summed E-state index contributed by atoms with van der Waals surface area (Å²) in [5.74, 6) is 0.609. The molecule has 2 aromatic carbocycles. The molecule has 9 heteroatoms. The Balaban J connectivity index is 1.36. The summed E-state index contributed by atoms with van der Waals surface area (Å²) in [5, 5.41) is 12.7. The second-order valence-corrected chi connectivity index (χ2v) is 9.90. The van der Waals surface area contributed by atoms with Crippen molar-refractivity contribution in [2.24, 2.45) is 5.92 Å². The first-order valence-corrected chi connectivity index (χ1v) is 13.3. The average molecular weight is 521 g/mol. The van der Waals surface area contributed by atoms with Crippen molar-refractivity contribution in [2.75, 3.05) is 0 Å². The van der Waals surface area contributed by atoms with E-state index in [1.807, 2.05) is 88.4 Å². The lowest BCUT2D eigenvalue weighted by molar-refractivity contribution is -0.122. The van der Waals surface area contributed by atoms with Crippen LogP contribution in [0.25, 0.3) is 11.5 Å². The van der Waals surface area contributed by atoms with E-state index in [9.17, 15) is 9.59 Å². The highest BCUT2D eigenvalue weighted by Crippen LogP contribution is 2.34. The second kappa shape index (κ2) is 12.8. The highest BCUT2D eigenvalue weighted by Gasteiger charge is 2.49. The number of alkyl carbamates (subject to hydrolysis) is 1. The molecule has 0 radical (unpaired) electrons. The highest BCUT2D eigenvalue weighted by molar-refractivity contribution is 5.91. The fourth-order valence-corrected chi connectivity index (χ4v) is 4.24. The molecule has 1 aliphatic heterocycles. The number of carbonyl (C=O) groups excluding carboxylic acids is 2. The maximum Gasteiger partial charge on any atom is 0.408 e. The quantitative estimate of drug-likeness (QED) is 0.295. The zero-order chi connectivity index (χ0) is 27.1. The molecule has 3 aromatic rings. The van der Waals surface area contributed by atoms with Crippen LogP contribution < -0.4 is 5.32 Å². The largest absolute Gasteiger partial charge is 0.445 e. The van der Waals surface area contributed by atoms with Gasteiger partial charge in [0.25, 0.3) is 0 Å². The van der Waals surface area contributed by atoms with Crippen LogP contribution >= 0.6 is 0 Å². The summed E-state index contributed by atoms with van der Waals surface area (Å²) < 4.78 is 11.6. The van der Waals surface area contributed by atoms with Crippen molar-refractivity contribution < 1.29 is 23.6 Å². The monoisotopic (exact) mass is 520 g/mol. The number of unbranched alkanes of at least 4 members (excludes halogenated alkanes) is 1. The molecule has 1 aromatic heterocycles. The van der Waals surface area contributed by atoms with Gasteiger partial charge in [0.2, 0.25) is 23.8 Å². The molecule has 1 saturated heterocycles. The molecule has 1 fully saturated rings. The van der Waals surface area contributed by atoms with Gasteiger partial charge in [-0.05, 0) is 37.0 Å². The van der Waals surface area contributed by atoms with Crippen LogP contribution in [0.3, 0.4) is 0 Å². The van der Waals surface area contributed by atoms with Gasteiger partial charge in [-0.1, -0.05) is 82.1 Å². The number of benzene rings is 2. The van der Waals surface area contributed by atoms with Gasteiger partial charge in [-0.25, -0.2) is 4.79 Å². The number of hydrogen-bond acceptors (Lipinski definition) is 8. The van der Waals surface area contributed by atoms with Gasteiger partial charge in [-0.3, -0.25) is 9.63 Å². The standard InChI is InChI=1S/C29H36N4O5/c1-5-6-17-23(26(34)28-33(38-28)20(4)21-13-9-7-10-14-21)30-29(35)36-24(19(2)3)18-25-31-32-27(37-25)22-15-11-8-12-16-22/h7-16,19-20,23-24,28H,5-6,17-18H2,1-4H3,(H,30,35)/t20-,23+,24+,28?,33?/m1/s1. The Bertz CT molecular complexity index is 1180. The topological polar surface area (TPSA) is 110 Å². The number of amides is 1. The van der Waals surface area contributed by atoms with Crippen LogP contribution in [0.15, 0.2) is 65.1 Å². The van der Waals surface area contributed by atoms with Crippen molar-refractivity contribution in [1.29, 1.82) is 0 Å². The van der Waals surface area contributed by atoms with E-state index >= 15 is 0 Å². The summed E-state index contributed by atoms with van der Waals surface area (Å²) in [6, 6.07) is 18.5. The Morgan fingerprint density at radius 1 is 1.03 bits per heavy atom. The molecule has 1 N–H and O–H groups in total. The van der Waals surface area contributed by atoms with E-state index in [-0.39, 0.29) is 24.2 Å². The van der Waals surface area contributed by atoms with Gasteiger partial charge in [0.05, 0.1) is 18.5 Å². The Hall–Kier alpha value is -3.56. The maximum absolute atomic E-state index is 13.3. The van der Waals surface area contributed by atoms with E-state index in [0.29, 0.717) is 18.2 Å². The molecular formula is C29H36N4O5. The van der Waals surface area contributed by atoms with E-state index in [2.05, 4.69) is 15.5 Å². The first-order valence-electron chi connectivity index (χ1n) is 13.3. The van der Waals surface area contributed by atoms with Crippen molar-refractivity contribution in [2.45, 2.75) is 77.8 Å². The average Bonchev–Trinajstić information content (AvgIpc) is 3.60. The molecule has 1 amide bonds. The summed E-state index contributed by atoms with van der Waals surface area (Å²) in [6.07, 6.45) is 0.613. The molecule has 5 atom stereocenters. The Morgan fingerprint density at radius 3 is 2.37 bits per heavy atom. The van der Waals surface area contributed by atoms with Gasteiger partial charge < -0.3 is 14.5 Å². The maximum atomic E-state index is 13.3. The molecule has 4 rings (SSSR count). The number of hydroxylamine groups is 2. The molecule has 2 heterocycles. The Kier molecular flexibility index (Phi) is 9.25. The van der Waals surface area contributed by atoms with Gasteiger partial charge in [-0.2, -0.15) is 0 Å². The molecule has 0 bridgehead atoms. The predicted molar refractivity (Wildman–Crippen MR) is 142 cm³/mol. The number of carbonyl (C=O) groups is 2. The van der Waals surface area contributed by atoms with Gasteiger partial charge in [0, 0.05) is 5.56 Å². The van der Waals surface area contributed by atoms with Gasteiger partial charge in [-0.15, -0.1) is 15.3 Å². The smallest absolute Gasteiger partial charge is 0.408 e. The molecule has 1 aliphatic rings. The first kappa shape index (κ1) is 27.5. The third kappa shape index (κ3) is 7.05. The molecule has 202 valence electrons. The van der Waals surface area contributed by atoms with E-state index in [4.69, 9.17) is 14.0 Å². The molecule has 2 unspecified atom stereocenters. The van der Waals surface area contributed by atoms with Crippen molar-refractivity contribution in [3.8, 4) is 11.5 Å². The number of Topliss-reactive ketones (excluding diaryl/α,β-unsaturated/α-hetero) is 1. The Labute approximate surface area is 223 Å². The van der Waals surface area contributed by atoms with Crippen LogP contribution in [0.2, 0.25) is 0 Å². The predicted octanol–water partition coefficient (Wildman–Crippen LogP) is 5.49. The third-order valence-electron chi connectivity index (χ3n) is 6.66. The SMILES string of the molecule is CCCC[C@H](NC(=O)O[C@@H](Cc1nnc(-c2ccccc2)o1)C(C)C)C(=O)C1ON1[C@H](C)c1ccccc1. The van der Waals surface area contributed by atoms with Crippen molar-refractivity contribution in [1.82, 2.24) is 20.6 Å². The summed E-state index contributed by atoms with van der Waals surface area (Å²) in [5.41, 5.74) is 1.87. The lowest BCUT2D eigenvalue weighted by atomic mass is 10.0. The van der Waals surface area contributed by atoms with Crippen LogP contribution in [0, 0.1) is 5.92 Å². The van der Waals surface area contributed by atoms with Crippen molar-refractivity contribution >= 4 is 11.9 Å². The lowest BCUT2D eigenvalue weighted by Gasteiger charge is -2.22. The minimum Gasteiger partial charge on any atom is -0.445 e. The molecule has 9 nitrogen and oxygen atoms in total. The van der Waals surface area contributed by atoms with Crippen LogP contribution in [0.4, 0.5) is 4.79 Å². The molecule has 0 saturated carbocycles. The third-order valence-corrected chi connectivity index (χ3v) is 6.66. The van der Waals surface area contributed by atoms with Crippen molar-refractivity contribution in [3.05, 3.63) is 72.1 Å². The van der Waals surface area contributed by atoms with E-state index in [1.54, 1.807) is 5.06 Å². The fraction of sp³-hybridized carbons (Fsp3) is 0.448. The van der Waals surface area contributed by atoms with Gasteiger partial charge in [0.15, 0.2) is 0 Å². The highest BCUT2D eigenvalue weighted by atomic mass is 16.8. The van der Waals surface area contributed by atoms with Crippen LogP contribution in [0.1, 0.15) is 64.5 Å². The first-order chi connectivity index (χ1) is 18.4. The van der Waals surface area contributed by atoms with Crippen LogP contribution in [-0.2, 0) is 20.8 Å². The lowest BCUT2D eigenvalue weighted by Crippen LogP contribution is -2.45. The molecule has 0 spiro atoms. The second-order valence-electron chi connectivity index (χ2n) is 9.90. The number of rotatable bonds is 13. The summed E-state index contributed by atoms with van der Waals surface area (Å²) in [6.45, 7) is 7.93. The molecule has 0 aliphatic carbocycles. The summed E-state index contributed by atoms with van der Waals surface area (Å²) in [7, 11) is 0. The number of nitrogens with zero attached hydrogens (tertiary/aromatic N) is 3. The summed E-state index contributed by atoms with van der Waals surface area (Å²) in [4.78, 5) is 31.8. The number of aromatic nitrogens is 2. The van der Waals surface area contributed by atoms with E-state index in [1.165, 1.54) is 0 Å². The molecule has 38 heavy (non-hydrogen) atoms. The number of ether oxygens (including phenoxy) is 1. The van der Waals surface area contributed by atoms with Crippen molar-refractivity contribution in [3.63, 3.8) is 0 Å². The zero-order valence-electron chi connectivity index (χ0n) is 22.4. The minimum absolute atomic E-state index is 0.00778. The van der Waals surface area contributed by atoms with Crippen LogP contribution in [0.5, 0.6) is 0 Å². The van der Waals surface area contributed by atoms with E-state index in [0.717, 1.165) is 24.0 Å². The zero-order valence-corrected chi connectivity index (χ0v) is 22.4. The van der Waals surface area contributed by atoms with Crippen LogP contribution in [-0.4, -0.2) is 45.5 Å². The van der Waals surface area contributed by atoms with Gasteiger partial charge in [0.1, 0.15) is 6.10 Å². The fourth-order valence-electron chi connectivity index (χ4n) is 4.24. The number of hydrogen-bond donors (Lipinski definition) is 1. The number of ketones is 1. The summed E-state index contributed by atoms with van der Waals surface area (Å²) >= 11 is 0. The Morgan fingerprint density at radius 2 is 1.71 bits per heavy atom. The normalized spacial score (nSPS) is 19.0. The van der Waals surface area contributed by atoms with E-state index < -0.39 is 24.5 Å². The molecular weight excluding hydrogens is 484 g/mol. The van der Waals surface area contributed by atoms with Gasteiger partial charge >= 0.3 is 6.09 Å². The minimum atomic E-state index is -0.707.